The van der Waals surface area contributed by atoms with Crippen LogP contribution in [0.3, 0.4) is 0 Å². The van der Waals surface area contributed by atoms with Crippen molar-refractivity contribution in [1.29, 1.82) is 0 Å². The Bertz CT molecular complexity index is 293. The van der Waals surface area contributed by atoms with Gasteiger partial charge in [0, 0.05) is 4.88 Å². The van der Waals surface area contributed by atoms with Gasteiger partial charge in [-0.1, -0.05) is 12.5 Å². The highest BCUT2D eigenvalue weighted by atomic mass is 32.1. The van der Waals surface area contributed by atoms with Gasteiger partial charge in [0.05, 0.1) is 12.1 Å². The molecule has 1 atom stereocenters. The van der Waals surface area contributed by atoms with Crippen LogP contribution >= 0.6 is 11.3 Å². The van der Waals surface area contributed by atoms with Crippen LogP contribution in [-0.2, 0) is 5.54 Å². The van der Waals surface area contributed by atoms with E-state index in [1.54, 1.807) is 11.3 Å². The highest BCUT2D eigenvalue weighted by Gasteiger charge is 2.34. The van der Waals surface area contributed by atoms with Gasteiger partial charge in [0.1, 0.15) is 0 Å². The SMILES string of the molecule is C[C@](CO)(c1cccs1)N1CCCCC1. The Kier molecular flexibility index (Phi) is 3.44. The Labute approximate surface area is 95.5 Å². The Morgan fingerprint density at radius 3 is 2.67 bits per heavy atom. The quantitative estimate of drug-likeness (QED) is 0.854. The fourth-order valence-corrected chi connectivity index (χ4v) is 3.21. The van der Waals surface area contributed by atoms with Gasteiger partial charge in [0.2, 0.25) is 0 Å². The standard InChI is InChI=1S/C12H19NOS/c1-12(10-14,11-6-5-9-15-11)13-7-3-2-4-8-13/h5-6,9,14H,2-4,7-8,10H2,1H3/t12-/m0/s1. The first kappa shape index (κ1) is 11.1. The summed E-state index contributed by atoms with van der Waals surface area (Å²) in [6, 6.07) is 4.20. The van der Waals surface area contributed by atoms with Gasteiger partial charge in [0.15, 0.2) is 0 Å². The number of nitrogens with zero attached hydrogens (tertiary/aromatic N) is 1. The maximum atomic E-state index is 9.67. The van der Waals surface area contributed by atoms with Crippen molar-refractivity contribution in [3.63, 3.8) is 0 Å². The second kappa shape index (κ2) is 4.64. The molecule has 0 unspecified atom stereocenters. The Balaban J connectivity index is 2.20. The van der Waals surface area contributed by atoms with Crippen LogP contribution in [0.15, 0.2) is 17.5 Å². The van der Waals surface area contributed by atoms with Gasteiger partial charge in [-0.3, -0.25) is 4.90 Å². The molecule has 84 valence electrons. The summed E-state index contributed by atoms with van der Waals surface area (Å²) in [6.45, 7) is 4.61. The lowest BCUT2D eigenvalue weighted by Gasteiger charge is -2.41. The van der Waals surface area contributed by atoms with Crippen molar-refractivity contribution in [2.24, 2.45) is 0 Å². The van der Waals surface area contributed by atoms with E-state index in [9.17, 15) is 5.11 Å². The fraction of sp³-hybridized carbons (Fsp3) is 0.667. The average Bonchev–Trinajstić information content (AvgIpc) is 2.83. The van der Waals surface area contributed by atoms with Crippen LogP contribution < -0.4 is 0 Å². The molecule has 0 bridgehead atoms. The van der Waals surface area contributed by atoms with Crippen molar-refractivity contribution < 1.29 is 5.11 Å². The van der Waals surface area contributed by atoms with Crippen molar-refractivity contribution in [3.8, 4) is 0 Å². The van der Waals surface area contributed by atoms with E-state index in [4.69, 9.17) is 0 Å². The van der Waals surface area contributed by atoms with Gasteiger partial charge in [-0.05, 0) is 44.3 Å². The third kappa shape index (κ3) is 2.10. The van der Waals surface area contributed by atoms with Crippen LogP contribution in [0.4, 0.5) is 0 Å². The molecule has 1 fully saturated rings. The average molecular weight is 225 g/mol. The topological polar surface area (TPSA) is 23.5 Å². The van der Waals surface area contributed by atoms with Crippen LogP contribution in [0, 0.1) is 0 Å². The van der Waals surface area contributed by atoms with E-state index in [1.165, 1.54) is 24.1 Å². The molecule has 0 saturated carbocycles. The van der Waals surface area contributed by atoms with Crippen molar-refractivity contribution >= 4 is 11.3 Å². The summed E-state index contributed by atoms with van der Waals surface area (Å²) in [5.41, 5.74) is -0.158. The van der Waals surface area contributed by atoms with Gasteiger partial charge >= 0.3 is 0 Å². The minimum absolute atomic E-state index is 0.158. The first-order chi connectivity index (χ1) is 7.27. The fourth-order valence-electron chi connectivity index (χ4n) is 2.31. The second-order valence-electron chi connectivity index (χ2n) is 4.46. The molecule has 0 aromatic carbocycles. The molecule has 1 aromatic rings. The number of aliphatic hydroxyl groups is 1. The van der Waals surface area contributed by atoms with E-state index in [0.29, 0.717) is 0 Å². The first-order valence-electron chi connectivity index (χ1n) is 5.67. The molecule has 1 N–H and O–H groups in total. The van der Waals surface area contributed by atoms with Gasteiger partial charge < -0.3 is 5.11 Å². The van der Waals surface area contributed by atoms with Gasteiger partial charge in [-0.15, -0.1) is 11.3 Å². The van der Waals surface area contributed by atoms with E-state index >= 15 is 0 Å². The largest absolute Gasteiger partial charge is 0.394 e. The maximum absolute atomic E-state index is 9.67. The zero-order valence-electron chi connectivity index (χ0n) is 9.28. The predicted molar refractivity (Wildman–Crippen MR) is 64.2 cm³/mol. The zero-order chi connectivity index (χ0) is 10.7. The molecule has 1 aromatic heterocycles. The Morgan fingerprint density at radius 1 is 1.40 bits per heavy atom. The highest BCUT2D eigenvalue weighted by Crippen LogP contribution is 2.33. The molecule has 0 spiro atoms. The van der Waals surface area contributed by atoms with E-state index in [1.807, 2.05) is 0 Å². The summed E-state index contributed by atoms with van der Waals surface area (Å²) in [5.74, 6) is 0. The Morgan fingerprint density at radius 2 is 2.13 bits per heavy atom. The van der Waals surface area contributed by atoms with Gasteiger partial charge in [-0.2, -0.15) is 0 Å². The number of aliphatic hydroxyl groups excluding tert-OH is 1. The Hall–Kier alpha value is -0.380. The molecule has 0 aliphatic carbocycles. The van der Waals surface area contributed by atoms with E-state index in [2.05, 4.69) is 29.3 Å². The number of piperidine rings is 1. The molecule has 1 aliphatic heterocycles. The van der Waals surface area contributed by atoms with Crippen LogP contribution in [-0.4, -0.2) is 29.7 Å². The van der Waals surface area contributed by atoms with Crippen molar-refractivity contribution in [3.05, 3.63) is 22.4 Å². The second-order valence-corrected chi connectivity index (χ2v) is 5.40. The maximum Gasteiger partial charge on any atom is 0.0758 e. The molecule has 0 amide bonds. The molecular formula is C12H19NOS. The lowest BCUT2D eigenvalue weighted by Crippen LogP contribution is -2.48. The molecule has 15 heavy (non-hydrogen) atoms. The molecule has 2 rings (SSSR count). The summed E-state index contributed by atoms with van der Waals surface area (Å²) in [7, 11) is 0. The van der Waals surface area contributed by atoms with Crippen LogP contribution in [0.2, 0.25) is 0 Å². The summed E-state index contributed by atoms with van der Waals surface area (Å²) in [6.07, 6.45) is 3.87. The predicted octanol–water partition coefficient (Wildman–Crippen LogP) is 2.44. The monoisotopic (exact) mass is 225 g/mol. The van der Waals surface area contributed by atoms with Crippen LogP contribution in [0.25, 0.3) is 0 Å². The zero-order valence-corrected chi connectivity index (χ0v) is 10.1. The van der Waals surface area contributed by atoms with E-state index < -0.39 is 0 Å². The summed E-state index contributed by atoms with van der Waals surface area (Å²) in [5, 5.41) is 11.8. The molecular weight excluding hydrogens is 206 g/mol. The van der Waals surface area contributed by atoms with Gasteiger partial charge in [0.25, 0.3) is 0 Å². The summed E-state index contributed by atoms with van der Waals surface area (Å²) >= 11 is 1.75. The molecule has 2 nitrogen and oxygen atoms in total. The van der Waals surface area contributed by atoms with Gasteiger partial charge in [-0.25, -0.2) is 0 Å². The van der Waals surface area contributed by atoms with Crippen molar-refractivity contribution in [1.82, 2.24) is 4.90 Å². The third-order valence-corrected chi connectivity index (χ3v) is 4.54. The number of hydrogen-bond donors (Lipinski definition) is 1. The summed E-state index contributed by atoms with van der Waals surface area (Å²) in [4.78, 5) is 3.72. The lowest BCUT2D eigenvalue weighted by molar-refractivity contribution is 0.0286. The molecule has 1 aliphatic rings. The smallest absolute Gasteiger partial charge is 0.0758 e. The minimum atomic E-state index is -0.158. The molecule has 2 heterocycles. The van der Waals surface area contributed by atoms with Crippen molar-refractivity contribution in [2.45, 2.75) is 31.7 Å². The van der Waals surface area contributed by atoms with E-state index in [-0.39, 0.29) is 12.1 Å². The number of likely N-dealkylation sites (tertiary alicyclic amines) is 1. The highest BCUT2D eigenvalue weighted by molar-refractivity contribution is 7.10. The van der Waals surface area contributed by atoms with Crippen LogP contribution in [0.1, 0.15) is 31.1 Å². The number of hydrogen-bond acceptors (Lipinski definition) is 3. The first-order valence-corrected chi connectivity index (χ1v) is 6.55. The third-order valence-electron chi connectivity index (χ3n) is 3.41. The van der Waals surface area contributed by atoms with Crippen LogP contribution in [0.5, 0.6) is 0 Å². The molecule has 0 radical (unpaired) electrons. The summed E-state index contributed by atoms with van der Waals surface area (Å²) < 4.78 is 0. The molecule has 3 heteroatoms. The van der Waals surface area contributed by atoms with E-state index in [0.717, 1.165) is 13.1 Å². The lowest BCUT2D eigenvalue weighted by atomic mass is 9.95. The van der Waals surface area contributed by atoms with Crippen molar-refractivity contribution in [2.75, 3.05) is 19.7 Å². The number of rotatable bonds is 3. The number of thiophene rings is 1. The molecule has 1 saturated heterocycles. The normalized spacial score (nSPS) is 22.5. The minimum Gasteiger partial charge on any atom is -0.394 e.